The lowest BCUT2D eigenvalue weighted by molar-refractivity contribution is -0.137. The summed E-state index contributed by atoms with van der Waals surface area (Å²) in [4.78, 5) is 11.6. The van der Waals surface area contributed by atoms with Crippen molar-refractivity contribution in [1.82, 2.24) is 0 Å². The molecule has 1 aromatic carbocycles. The van der Waals surface area contributed by atoms with E-state index in [0.717, 1.165) is 6.07 Å². The lowest BCUT2D eigenvalue weighted by Crippen LogP contribution is -2.28. The van der Waals surface area contributed by atoms with Crippen LogP contribution in [0.4, 0.5) is 18.9 Å². The Morgan fingerprint density at radius 1 is 1.29 bits per heavy atom. The summed E-state index contributed by atoms with van der Waals surface area (Å²) in [5, 5.41) is 2.24. The summed E-state index contributed by atoms with van der Waals surface area (Å²) >= 11 is 0. The molecule has 0 fully saturated rings. The molecule has 2 nitrogen and oxygen atoms in total. The summed E-state index contributed by atoms with van der Waals surface area (Å²) in [5.74, 6) is -0.481. The number of nitrogens with one attached hydrogen (secondary N) is 1. The normalized spacial score (nSPS) is 12.4. The number of alkyl halides is 3. The molecule has 0 aliphatic carbocycles. The van der Waals surface area contributed by atoms with Gasteiger partial charge in [0, 0.05) is 11.5 Å². The Hall–Kier alpha value is -1.52. The van der Waals surface area contributed by atoms with Crippen LogP contribution in [0.2, 0.25) is 0 Å². The van der Waals surface area contributed by atoms with Crippen molar-refractivity contribution in [3.8, 4) is 0 Å². The average Bonchev–Trinajstić information content (AvgIpc) is 2.15. The maximum atomic E-state index is 12.6. The third-order valence-corrected chi connectivity index (χ3v) is 2.08. The molecule has 0 unspecified atom stereocenters. The van der Waals surface area contributed by atoms with Crippen LogP contribution in [0.5, 0.6) is 0 Å². The van der Waals surface area contributed by atoms with Crippen molar-refractivity contribution >= 4 is 11.6 Å². The van der Waals surface area contributed by atoms with Crippen molar-refractivity contribution < 1.29 is 18.0 Å². The molecule has 5 heteroatoms. The molecule has 0 aromatic heterocycles. The zero-order chi connectivity index (χ0) is 13.3. The Kier molecular flexibility index (Phi) is 3.50. The number of carbonyl (C=O) groups is 1. The molecule has 17 heavy (non-hydrogen) atoms. The minimum Gasteiger partial charge on any atom is -0.325 e. The van der Waals surface area contributed by atoms with Gasteiger partial charge < -0.3 is 5.32 Å². The lowest BCUT2D eigenvalue weighted by Gasteiger charge is -2.19. The van der Waals surface area contributed by atoms with Gasteiger partial charge in [-0.05, 0) is 6.07 Å². The fourth-order valence-corrected chi connectivity index (χ4v) is 1.08. The summed E-state index contributed by atoms with van der Waals surface area (Å²) in [5.41, 5.74) is -1.98. The fraction of sp³-hybridized carbons (Fsp3) is 0.417. The molecular weight excluding hydrogens is 231 g/mol. The summed E-state index contributed by atoms with van der Waals surface area (Å²) in [6.07, 6.45) is -4.50. The van der Waals surface area contributed by atoms with Gasteiger partial charge in [0.1, 0.15) is 0 Å². The van der Waals surface area contributed by atoms with Crippen molar-refractivity contribution in [2.75, 3.05) is 5.32 Å². The number of rotatable bonds is 1. The van der Waals surface area contributed by atoms with Crippen LogP contribution in [0.25, 0.3) is 0 Å². The van der Waals surface area contributed by atoms with Crippen LogP contribution in [0, 0.1) is 11.5 Å². The first kappa shape index (κ1) is 13.5. The van der Waals surface area contributed by atoms with E-state index in [4.69, 9.17) is 0 Å². The van der Waals surface area contributed by atoms with Crippen LogP contribution in [0.3, 0.4) is 0 Å². The highest BCUT2D eigenvalue weighted by Crippen LogP contribution is 2.34. The van der Waals surface area contributed by atoms with E-state index in [1.54, 1.807) is 20.8 Å². The standard InChI is InChI=1S/C12H13F3NO/c1-11(2,3)10(17)16-9-7-5-4-6-8(9)12(13,14)15/h4-6H,1-3H3,(H,16,17). The summed E-state index contributed by atoms with van der Waals surface area (Å²) < 4.78 is 37.9. The van der Waals surface area contributed by atoms with E-state index in [9.17, 15) is 18.0 Å². The van der Waals surface area contributed by atoms with Crippen LogP contribution in [-0.4, -0.2) is 5.91 Å². The van der Waals surface area contributed by atoms with E-state index in [1.807, 2.05) is 0 Å². The van der Waals surface area contributed by atoms with E-state index in [-0.39, 0.29) is 5.69 Å². The number of hydrogen-bond donors (Lipinski definition) is 1. The molecule has 1 aromatic rings. The Balaban J connectivity index is 3.04. The zero-order valence-electron chi connectivity index (χ0n) is 9.77. The van der Waals surface area contributed by atoms with Crippen LogP contribution >= 0.6 is 0 Å². The second kappa shape index (κ2) is 4.39. The van der Waals surface area contributed by atoms with Crippen LogP contribution in [-0.2, 0) is 11.0 Å². The van der Waals surface area contributed by atoms with E-state index in [2.05, 4.69) is 11.4 Å². The average molecular weight is 244 g/mol. The summed E-state index contributed by atoms with van der Waals surface area (Å²) in [6.45, 7) is 4.87. The molecule has 0 heterocycles. The van der Waals surface area contributed by atoms with Crippen molar-refractivity contribution in [2.45, 2.75) is 26.9 Å². The maximum Gasteiger partial charge on any atom is 0.418 e. The molecule has 0 bridgehead atoms. The molecule has 0 saturated carbocycles. The number of anilines is 1. The summed E-state index contributed by atoms with van der Waals surface area (Å²) in [6, 6.07) is 5.86. The van der Waals surface area contributed by atoms with Crippen molar-refractivity contribution in [1.29, 1.82) is 0 Å². The smallest absolute Gasteiger partial charge is 0.325 e. The van der Waals surface area contributed by atoms with E-state index < -0.39 is 23.1 Å². The highest BCUT2D eigenvalue weighted by Gasteiger charge is 2.34. The number of carbonyl (C=O) groups excluding carboxylic acids is 1. The van der Waals surface area contributed by atoms with Gasteiger partial charge in [-0.2, -0.15) is 13.2 Å². The first-order valence-corrected chi connectivity index (χ1v) is 5.02. The van der Waals surface area contributed by atoms with E-state index in [0.29, 0.717) is 0 Å². The SMILES string of the molecule is CC(C)(C)C(=O)Nc1[c]cccc1C(F)(F)F. The molecule has 93 valence electrons. The number of halogens is 3. The first-order chi connectivity index (χ1) is 7.62. The first-order valence-electron chi connectivity index (χ1n) is 5.02. The molecular formula is C12H13F3NO. The van der Waals surface area contributed by atoms with Crippen LogP contribution in [0.15, 0.2) is 18.2 Å². The Morgan fingerprint density at radius 3 is 2.35 bits per heavy atom. The molecule has 1 N–H and O–H groups in total. The second-order valence-corrected chi connectivity index (χ2v) is 4.66. The minimum absolute atomic E-state index is 0.333. The van der Waals surface area contributed by atoms with Crippen molar-refractivity contribution in [3.63, 3.8) is 0 Å². The van der Waals surface area contributed by atoms with Gasteiger partial charge in [0.2, 0.25) is 5.91 Å². The van der Waals surface area contributed by atoms with Crippen molar-refractivity contribution in [2.24, 2.45) is 5.41 Å². The molecule has 0 saturated heterocycles. The quantitative estimate of drug-likeness (QED) is 0.805. The monoisotopic (exact) mass is 244 g/mol. The van der Waals surface area contributed by atoms with Crippen molar-refractivity contribution in [3.05, 3.63) is 29.8 Å². The molecule has 1 radical (unpaired) electrons. The van der Waals surface area contributed by atoms with Gasteiger partial charge in [-0.1, -0.05) is 32.9 Å². The number of amides is 1. The lowest BCUT2D eigenvalue weighted by atomic mass is 9.95. The van der Waals surface area contributed by atoms with E-state index >= 15 is 0 Å². The second-order valence-electron chi connectivity index (χ2n) is 4.66. The number of hydrogen-bond acceptors (Lipinski definition) is 1. The molecule has 0 aliphatic rings. The zero-order valence-corrected chi connectivity index (χ0v) is 9.77. The largest absolute Gasteiger partial charge is 0.418 e. The van der Waals surface area contributed by atoms with Gasteiger partial charge in [-0.25, -0.2) is 0 Å². The third-order valence-electron chi connectivity index (χ3n) is 2.08. The third kappa shape index (κ3) is 3.47. The highest BCUT2D eigenvalue weighted by atomic mass is 19.4. The molecule has 0 spiro atoms. The maximum absolute atomic E-state index is 12.6. The predicted molar refractivity (Wildman–Crippen MR) is 58.4 cm³/mol. The number of benzene rings is 1. The van der Waals surface area contributed by atoms with Gasteiger partial charge in [-0.15, -0.1) is 0 Å². The van der Waals surface area contributed by atoms with Gasteiger partial charge >= 0.3 is 6.18 Å². The fourth-order valence-electron chi connectivity index (χ4n) is 1.08. The van der Waals surface area contributed by atoms with Gasteiger partial charge in [-0.3, -0.25) is 4.79 Å². The minimum atomic E-state index is -4.50. The van der Waals surface area contributed by atoms with Gasteiger partial charge in [0.15, 0.2) is 0 Å². The van der Waals surface area contributed by atoms with Gasteiger partial charge in [0.05, 0.1) is 11.3 Å². The van der Waals surface area contributed by atoms with Crippen LogP contribution < -0.4 is 5.32 Å². The molecule has 1 amide bonds. The molecule has 1 rings (SSSR count). The Morgan fingerprint density at radius 2 is 1.88 bits per heavy atom. The van der Waals surface area contributed by atoms with E-state index in [1.165, 1.54) is 12.1 Å². The highest BCUT2D eigenvalue weighted by molar-refractivity contribution is 5.95. The number of para-hydroxylation sites is 1. The van der Waals surface area contributed by atoms with Crippen LogP contribution in [0.1, 0.15) is 26.3 Å². The predicted octanol–water partition coefficient (Wildman–Crippen LogP) is 3.49. The molecule has 0 atom stereocenters. The van der Waals surface area contributed by atoms with Gasteiger partial charge in [0.25, 0.3) is 0 Å². The summed E-state index contributed by atoms with van der Waals surface area (Å²) in [7, 11) is 0. The Labute approximate surface area is 97.8 Å². The molecule has 0 aliphatic heterocycles. The topological polar surface area (TPSA) is 29.1 Å². The Bertz CT molecular complexity index is 418.